The summed E-state index contributed by atoms with van der Waals surface area (Å²) in [4.78, 5) is 0. The lowest BCUT2D eigenvalue weighted by Crippen LogP contribution is -1.84. The van der Waals surface area contributed by atoms with Crippen molar-refractivity contribution in [1.29, 1.82) is 0 Å². The van der Waals surface area contributed by atoms with Crippen LogP contribution in [0, 0.1) is 0 Å². The minimum absolute atomic E-state index is 0.0706. The SMILES string of the molecule is O=Pc1ccccc1.Oc1cccc(-c2ccccc2)c1O. The van der Waals surface area contributed by atoms with Gasteiger partial charge in [-0.25, -0.2) is 0 Å². The molecule has 3 aromatic rings. The fraction of sp³-hybridized carbons (Fsp3) is 0. The Morgan fingerprint density at radius 2 is 1.27 bits per heavy atom. The first-order chi connectivity index (χ1) is 10.7. The van der Waals surface area contributed by atoms with Gasteiger partial charge in [-0.3, -0.25) is 4.57 Å². The summed E-state index contributed by atoms with van der Waals surface area (Å²) in [7, 11) is 0.0994. The van der Waals surface area contributed by atoms with E-state index < -0.39 is 0 Å². The maximum atomic E-state index is 10.1. The van der Waals surface area contributed by atoms with E-state index in [-0.39, 0.29) is 20.0 Å². The number of rotatable bonds is 2. The van der Waals surface area contributed by atoms with Crippen molar-refractivity contribution in [2.75, 3.05) is 0 Å². The molecule has 0 unspecified atom stereocenters. The van der Waals surface area contributed by atoms with Gasteiger partial charge in [0.1, 0.15) is 0 Å². The van der Waals surface area contributed by atoms with E-state index in [4.69, 9.17) is 0 Å². The molecule has 0 radical (unpaired) electrons. The monoisotopic (exact) mass is 310 g/mol. The number of para-hydroxylation sites is 1. The number of hydrogen-bond acceptors (Lipinski definition) is 3. The van der Waals surface area contributed by atoms with Crippen LogP contribution in [0.3, 0.4) is 0 Å². The molecule has 0 aliphatic rings. The molecule has 0 bridgehead atoms. The number of phenolic OH excluding ortho intramolecular Hbond substituents is 2. The smallest absolute Gasteiger partial charge is 0.192 e. The van der Waals surface area contributed by atoms with Gasteiger partial charge < -0.3 is 10.2 Å². The summed E-state index contributed by atoms with van der Waals surface area (Å²) in [6, 6.07) is 23.6. The molecule has 110 valence electrons. The first-order valence-electron chi connectivity index (χ1n) is 6.67. The lowest BCUT2D eigenvalue weighted by molar-refractivity contribution is 0.405. The maximum Gasteiger partial charge on any atom is 0.192 e. The molecule has 3 rings (SSSR count). The molecule has 0 spiro atoms. The molecule has 4 heteroatoms. The van der Waals surface area contributed by atoms with Gasteiger partial charge in [0.15, 0.2) is 20.0 Å². The van der Waals surface area contributed by atoms with Gasteiger partial charge in [0.2, 0.25) is 0 Å². The minimum atomic E-state index is -0.0913. The molecule has 0 atom stereocenters. The Labute approximate surface area is 130 Å². The first kappa shape index (κ1) is 15.7. The van der Waals surface area contributed by atoms with Crippen molar-refractivity contribution < 1.29 is 14.8 Å². The van der Waals surface area contributed by atoms with Crippen LogP contribution >= 0.6 is 8.46 Å². The summed E-state index contributed by atoms with van der Waals surface area (Å²) in [5, 5.41) is 19.7. The Morgan fingerprint density at radius 3 is 1.82 bits per heavy atom. The van der Waals surface area contributed by atoms with E-state index in [0.717, 1.165) is 10.9 Å². The summed E-state index contributed by atoms with van der Waals surface area (Å²) < 4.78 is 10.1. The van der Waals surface area contributed by atoms with Crippen molar-refractivity contribution >= 4 is 13.8 Å². The molecule has 0 fully saturated rings. The van der Waals surface area contributed by atoms with E-state index in [2.05, 4.69) is 0 Å². The third-order valence-corrected chi connectivity index (χ3v) is 3.47. The van der Waals surface area contributed by atoms with E-state index in [1.165, 1.54) is 6.07 Å². The summed E-state index contributed by atoms with van der Waals surface area (Å²) in [6.07, 6.45) is 0. The normalized spacial score (nSPS) is 9.82. The van der Waals surface area contributed by atoms with Gasteiger partial charge in [0, 0.05) is 10.9 Å². The van der Waals surface area contributed by atoms with Gasteiger partial charge in [-0.1, -0.05) is 60.7 Å². The molecule has 0 heterocycles. The van der Waals surface area contributed by atoms with E-state index >= 15 is 0 Å². The molecular weight excluding hydrogens is 295 g/mol. The van der Waals surface area contributed by atoms with Crippen molar-refractivity contribution in [2.24, 2.45) is 0 Å². The fourth-order valence-corrected chi connectivity index (χ4v) is 2.16. The quantitative estimate of drug-likeness (QED) is 0.546. The van der Waals surface area contributed by atoms with Crippen molar-refractivity contribution in [3.05, 3.63) is 78.9 Å². The number of hydrogen-bond donors (Lipinski definition) is 2. The number of benzene rings is 3. The van der Waals surface area contributed by atoms with Crippen LogP contribution in [-0.4, -0.2) is 10.2 Å². The van der Waals surface area contributed by atoms with Crippen LogP contribution in [0.2, 0.25) is 0 Å². The Hall–Kier alpha value is -2.64. The topological polar surface area (TPSA) is 57.5 Å². The predicted molar refractivity (Wildman–Crippen MR) is 88.9 cm³/mol. The molecular formula is C18H15O3P. The summed E-state index contributed by atoms with van der Waals surface area (Å²) in [5.41, 5.74) is 1.53. The molecule has 0 saturated carbocycles. The van der Waals surface area contributed by atoms with Crippen LogP contribution in [0.4, 0.5) is 0 Å². The molecule has 0 amide bonds. The molecule has 0 aromatic heterocycles. The standard InChI is InChI=1S/C12H10O2.C6H5OP/c13-11-8-4-7-10(12(11)14)9-5-2-1-3-6-9;7-8-6-4-2-1-3-5-6/h1-8,13-14H;1-5H. The highest BCUT2D eigenvalue weighted by Gasteiger charge is 2.06. The van der Waals surface area contributed by atoms with Crippen LogP contribution in [0.15, 0.2) is 78.9 Å². The Kier molecular flexibility index (Phi) is 5.70. The first-order valence-corrected chi connectivity index (χ1v) is 7.48. The average molecular weight is 310 g/mol. The third-order valence-electron chi connectivity index (χ3n) is 2.96. The molecule has 2 N–H and O–H groups in total. The van der Waals surface area contributed by atoms with E-state index in [1.807, 2.05) is 60.7 Å². The second-order valence-electron chi connectivity index (χ2n) is 4.47. The van der Waals surface area contributed by atoms with Gasteiger partial charge in [-0.05, 0) is 23.8 Å². The van der Waals surface area contributed by atoms with E-state index in [1.54, 1.807) is 12.1 Å². The van der Waals surface area contributed by atoms with Crippen LogP contribution in [0.25, 0.3) is 11.1 Å². The predicted octanol–water partition coefficient (Wildman–Crippen LogP) is 4.37. The van der Waals surface area contributed by atoms with Gasteiger partial charge >= 0.3 is 0 Å². The zero-order valence-corrected chi connectivity index (χ0v) is 12.6. The van der Waals surface area contributed by atoms with E-state index in [9.17, 15) is 14.8 Å². The van der Waals surface area contributed by atoms with Crippen LogP contribution < -0.4 is 5.30 Å². The molecule has 3 nitrogen and oxygen atoms in total. The Bertz CT molecular complexity index is 728. The fourth-order valence-electron chi connectivity index (χ4n) is 1.87. The van der Waals surface area contributed by atoms with Gasteiger partial charge in [-0.2, -0.15) is 0 Å². The highest BCUT2D eigenvalue weighted by atomic mass is 31.1. The van der Waals surface area contributed by atoms with Crippen molar-refractivity contribution in [1.82, 2.24) is 0 Å². The highest BCUT2D eigenvalue weighted by molar-refractivity contribution is 7.34. The second kappa shape index (κ2) is 7.96. The third kappa shape index (κ3) is 4.18. The van der Waals surface area contributed by atoms with Gasteiger partial charge in [-0.15, -0.1) is 0 Å². The maximum absolute atomic E-state index is 10.1. The van der Waals surface area contributed by atoms with Crippen molar-refractivity contribution in [3.63, 3.8) is 0 Å². The minimum Gasteiger partial charge on any atom is -0.504 e. The van der Waals surface area contributed by atoms with Crippen LogP contribution in [0.5, 0.6) is 11.5 Å². The number of phenols is 2. The summed E-state index contributed by atoms with van der Waals surface area (Å²) >= 11 is 0. The molecule has 0 saturated heterocycles. The second-order valence-corrected chi connectivity index (χ2v) is 5.17. The number of aromatic hydroxyl groups is 2. The van der Waals surface area contributed by atoms with Crippen LogP contribution in [0.1, 0.15) is 0 Å². The van der Waals surface area contributed by atoms with Crippen molar-refractivity contribution in [2.45, 2.75) is 0 Å². The molecule has 0 aliphatic carbocycles. The summed E-state index contributed by atoms with van der Waals surface area (Å²) in [5.74, 6) is -0.162. The average Bonchev–Trinajstić information content (AvgIpc) is 2.59. The Balaban J connectivity index is 0.000000188. The van der Waals surface area contributed by atoms with Gasteiger partial charge in [0.25, 0.3) is 0 Å². The molecule has 0 aliphatic heterocycles. The highest BCUT2D eigenvalue weighted by Crippen LogP contribution is 2.35. The molecule has 22 heavy (non-hydrogen) atoms. The Morgan fingerprint density at radius 1 is 0.682 bits per heavy atom. The zero-order valence-electron chi connectivity index (χ0n) is 11.8. The van der Waals surface area contributed by atoms with E-state index in [0.29, 0.717) is 5.56 Å². The van der Waals surface area contributed by atoms with Crippen LogP contribution in [-0.2, 0) is 4.57 Å². The molecule has 3 aromatic carbocycles. The zero-order chi connectivity index (χ0) is 15.8. The summed E-state index contributed by atoms with van der Waals surface area (Å²) in [6.45, 7) is 0. The largest absolute Gasteiger partial charge is 0.504 e. The van der Waals surface area contributed by atoms with Gasteiger partial charge in [0.05, 0.1) is 0 Å². The lowest BCUT2D eigenvalue weighted by Gasteiger charge is -2.05. The lowest BCUT2D eigenvalue weighted by atomic mass is 10.0. The van der Waals surface area contributed by atoms with Crippen molar-refractivity contribution in [3.8, 4) is 22.6 Å².